The van der Waals surface area contributed by atoms with Crippen molar-refractivity contribution in [1.29, 1.82) is 0 Å². The Morgan fingerprint density at radius 2 is 2.10 bits per heavy atom. The number of thiazole rings is 1. The molecule has 1 aliphatic rings. The second-order valence-electron chi connectivity index (χ2n) is 5.38. The van der Waals surface area contributed by atoms with E-state index in [1.165, 1.54) is 0 Å². The second kappa shape index (κ2) is 5.89. The van der Waals surface area contributed by atoms with Crippen LogP contribution in [0.4, 0.5) is 0 Å². The summed E-state index contributed by atoms with van der Waals surface area (Å²) >= 11 is 1.63. The number of amides is 1. The summed E-state index contributed by atoms with van der Waals surface area (Å²) in [5.41, 5.74) is 2.25. The fraction of sp³-hybridized carbons (Fsp3) is 0.467. The van der Waals surface area contributed by atoms with Crippen LogP contribution >= 0.6 is 11.3 Å². The summed E-state index contributed by atoms with van der Waals surface area (Å²) in [5.74, 6) is -0.0416. The van der Waals surface area contributed by atoms with Crippen LogP contribution < -0.4 is 0 Å². The Morgan fingerprint density at radius 3 is 2.76 bits per heavy atom. The van der Waals surface area contributed by atoms with Gasteiger partial charge in [0.15, 0.2) is 0 Å². The van der Waals surface area contributed by atoms with Crippen molar-refractivity contribution in [2.75, 3.05) is 6.54 Å². The van der Waals surface area contributed by atoms with E-state index in [0.29, 0.717) is 5.69 Å². The number of aromatic nitrogens is 3. The normalized spacial score (nSPS) is 18.8. The number of piperidine rings is 1. The average molecular weight is 302 g/mol. The molecule has 1 aliphatic heterocycles. The van der Waals surface area contributed by atoms with Gasteiger partial charge in [0.1, 0.15) is 10.7 Å². The molecule has 1 saturated heterocycles. The Labute approximate surface area is 128 Å². The minimum Gasteiger partial charge on any atom is -0.328 e. The molecule has 1 atom stereocenters. The first-order valence-electron chi connectivity index (χ1n) is 7.17. The largest absolute Gasteiger partial charge is 0.328 e. The standard InChI is InChI=1S/C15H18N4OS/c1-10-7-17-12(8-16-10)15(20)19-6-4-3-5-13(19)14-18-11(2)9-21-14/h7-9,13H,3-6H2,1-2H3/t13-/m0/s1. The topological polar surface area (TPSA) is 59.0 Å². The first-order chi connectivity index (χ1) is 10.1. The van der Waals surface area contributed by atoms with Gasteiger partial charge in [-0.2, -0.15) is 0 Å². The van der Waals surface area contributed by atoms with Crippen molar-refractivity contribution in [1.82, 2.24) is 19.9 Å². The zero-order valence-corrected chi connectivity index (χ0v) is 13.1. The van der Waals surface area contributed by atoms with Crippen molar-refractivity contribution in [3.63, 3.8) is 0 Å². The molecule has 3 heterocycles. The average Bonchev–Trinajstić information content (AvgIpc) is 2.94. The molecule has 1 fully saturated rings. The molecule has 2 aromatic rings. The molecule has 0 bridgehead atoms. The lowest BCUT2D eigenvalue weighted by Crippen LogP contribution is -2.39. The van der Waals surface area contributed by atoms with Crippen LogP contribution in [0.1, 0.15) is 52.2 Å². The van der Waals surface area contributed by atoms with Crippen LogP contribution in [0.15, 0.2) is 17.8 Å². The molecule has 0 spiro atoms. The van der Waals surface area contributed by atoms with Crippen LogP contribution in [-0.2, 0) is 0 Å². The predicted octanol–water partition coefficient (Wildman–Crippen LogP) is 2.92. The van der Waals surface area contributed by atoms with Gasteiger partial charge in [0, 0.05) is 23.8 Å². The van der Waals surface area contributed by atoms with Crippen LogP contribution in [0.5, 0.6) is 0 Å². The second-order valence-corrected chi connectivity index (χ2v) is 6.27. The van der Waals surface area contributed by atoms with E-state index in [-0.39, 0.29) is 11.9 Å². The van der Waals surface area contributed by atoms with Gasteiger partial charge in [-0.1, -0.05) is 0 Å². The van der Waals surface area contributed by atoms with Crippen molar-refractivity contribution in [2.24, 2.45) is 0 Å². The van der Waals surface area contributed by atoms with Crippen LogP contribution in [0.3, 0.4) is 0 Å². The van der Waals surface area contributed by atoms with E-state index in [4.69, 9.17) is 0 Å². The molecule has 0 aliphatic carbocycles. The maximum absolute atomic E-state index is 12.7. The predicted molar refractivity (Wildman–Crippen MR) is 81.2 cm³/mol. The highest BCUT2D eigenvalue weighted by Gasteiger charge is 2.31. The summed E-state index contributed by atoms with van der Waals surface area (Å²) in [6, 6.07) is 0.0769. The van der Waals surface area contributed by atoms with Crippen LogP contribution in [0, 0.1) is 13.8 Å². The van der Waals surface area contributed by atoms with E-state index in [1.54, 1.807) is 23.7 Å². The van der Waals surface area contributed by atoms with E-state index < -0.39 is 0 Å². The SMILES string of the molecule is Cc1cnc(C(=O)N2CCCC[C@H]2c2nc(C)cs2)cn1. The Morgan fingerprint density at radius 1 is 1.24 bits per heavy atom. The summed E-state index contributed by atoms with van der Waals surface area (Å²) in [6.45, 7) is 4.61. The van der Waals surface area contributed by atoms with Crippen LogP contribution in [0.2, 0.25) is 0 Å². The van der Waals surface area contributed by atoms with Gasteiger partial charge in [-0.05, 0) is 33.1 Å². The Balaban J connectivity index is 1.87. The molecule has 1 amide bonds. The third-order valence-corrected chi connectivity index (χ3v) is 4.75. The van der Waals surface area contributed by atoms with Crippen molar-refractivity contribution in [2.45, 2.75) is 39.2 Å². The molecule has 2 aromatic heterocycles. The minimum atomic E-state index is -0.0416. The maximum atomic E-state index is 12.7. The molecule has 110 valence electrons. The Bertz CT molecular complexity index is 637. The third kappa shape index (κ3) is 2.95. The van der Waals surface area contributed by atoms with Crippen molar-refractivity contribution >= 4 is 17.2 Å². The van der Waals surface area contributed by atoms with Crippen molar-refractivity contribution in [3.8, 4) is 0 Å². The molecule has 0 aromatic carbocycles. The summed E-state index contributed by atoms with van der Waals surface area (Å²) in [4.78, 5) is 27.6. The summed E-state index contributed by atoms with van der Waals surface area (Å²) in [6.07, 6.45) is 6.34. The van der Waals surface area contributed by atoms with Crippen molar-refractivity contribution < 1.29 is 4.79 Å². The fourth-order valence-electron chi connectivity index (χ4n) is 2.61. The summed E-state index contributed by atoms with van der Waals surface area (Å²) < 4.78 is 0. The lowest BCUT2D eigenvalue weighted by atomic mass is 10.0. The molecule has 0 saturated carbocycles. The van der Waals surface area contributed by atoms with Gasteiger partial charge in [-0.25, -0.2) is 9.97 Å². The molecule has 5 nitrogen and oxygen atoms in total. The zero-order valence-electron chi connectivity index (χ0n) is 12.2. The molecule has 0 unspecified atom stereocenters. The summed E-state index contributed by atoms with van der Waals surface area (Å²) in [7, 11) is 0. The van der Waals surface area contributed by atoms with Gasteiger partial charge < -0.3 is 4.90 Å². The van der Waals surface area contributed by atoms with E-state index >= 15 is 0 Å². The van der Waals surface area contributed by atoms with Gasteiger partial charge in [-0.15, -0.1) is 11.3 Å². The Hall–Kier alpha value is -1.82. The molecular weight excluding hydrogens is 284 g/mol. The van der Waals surface area contributed by atoms with Gasteiger partial charge in [0.05, 0.1) is 17.9 Å². The number of likely N-dealkylation sites (tertiary alicyclic amines) is 1. The number of aryl methyl sites for hydroxylation is 2. The number of rotatable bonds is 2. The lowest BCUT2D eigenvalue weighted by Gasteiger charge is -2.34. The zero-order chi connectivity index (χ0) is 14.8. The van der Waals surface area contributed by atoms with Gasteiger partial charge in [0.25, 0.3) is 5.91 Å². The third-order valence-electron chi connectivity index (χ3n) is 3.69. The number of carbonyl (C=O) groups excluding carboxylic acids is 1. The monoisotopic (exact) mass is 302 g/mol. The molecule has 0 radical (unpaired) electrons. The number of nitrogens with zero attached hydrogens (tertiary/aromatic N) is 4. The smallest absolute Gasteiger partial charge is 0.274 e. The first kappa shape index (κ1) is 14.1. The van der Waals surface area contributed by atoms with Gasteiger partial charge in [-0.3, -0.25) is 9.78 Å². The van der Waals surface area contributed by atoms with Crippen LogP contribution in [-0.4, -0.2) is 32.3 Å². The molecule has 21 heavy (non-hydrogen) atoms. The summed E-state index contributed by atoms with van der Waals surface area (Å²) in [5, 5.41) is 3.07. The lowest BCUT2D eigenvalue weighted by molar-refractivity contribution is 0.0604. The quantitative estimate of drug-likeness (QED) is 0.856. The van der Waals surface area contributed by atoms with E-state index in [0.717, 1.165) is 42.2 Å². The number of carbonyl (C=O) groups is 1. The maximum Gasteiger partial charge on any atom is 0.274 e. The highest BCUT2D eigenvalue weighted by Crippen LogP contribution is 2.33. The number of hydrogen-bond donors (Lipinski definition) is 0. The molecule has 3 rings (SSSR count). The number of hydrogen-bond acceptors (Lipinski definition) is 5. The van der Waals surface area contributed by atoms with E-state index in [2.05, 4.69) is 15.0 Å². The minimum absolute atomic E-state index is 0.0416. The van der Waals surface area contributed by atoms with E-state index in [9.17, 15) is 4.79 Å². The Kier molecular flexibility index (Phi) is 3.96. The van der Waals surface area contributed by atoms with Crippen molar-refractivity contribution in [3.05, 3.63) is 39.9 Å². The fourth-order valence-corrected chi connectivity index (χ4v) is 3.55. The highest BCUT2D eigenvalue weighted by atomic mass is 32.1. The van der Waals surface area contributed by atoms with Crippen LogP contribution in [0.25, 0.3) is 0 Å². The highest BCUT2D eigenvalue weighted by molar-refractivity contribution is 7.09. The van der Waals surface area contributed by atoms with Gasteiger partial charge in [0.2, 0.25) is 0 Å². The van der Waals surface area contributed by atoms with Gasteiger partial charge >= 0.3 is 0 Å². The first-order valence-corrected chi connectivity index (χ1v) is 8.05. The molecular formula is C15H18N4OS. The molecule has 0 N–H and O–H groups in total. The van der Waals surface area contributed by atoms with E-state index in [1.807, 2.05) is 24.1 Å². The molecule has 6 heteroatoms.